The maximum Gasteiger partial charge on any atom is 0.258 e. The van der Waals surface area contributed by atoms with E-state index in [-0.39, 0.29) is 35.8 Å². The number of nitrogens with zero attached hydrogens (tertiary/aromatic N) is 1. The normalized spacial score (nSPS) is 11.2. The fraction of sp³-hybridized carbons (Fsp3) is 0.188. The number of aromatic amines is 1. The third kappa shape index (κ3) is 4.48. The molecule has 1 unspecified atom stereocenters. The fourth-order valence-electron chi connectivity index (χ4n) is 2.55. The van der Waals surface area contributed by atoms with Crippen LogP contribution in [0.1, 0.15) is 0 Å². The van der Waals surface area contributed by atoms with Crippen molar-refractivity contribution >= 4 is 23.5 Å². The first-order valence-electron chi connectivity index (χ1n) is 6.89. The fourth-order valence-corrected chi connectivity index (χ4v) is 2.70. The van der Waals surface area contributed by atoms with Crippen LogP contribution in [-0.2, 0) is 6.54 Å². The summed E-state index contributed by atoms with van der Waals surface area (Å²) in [5, 5.41) is 19.3. The van der Waals surface area contributed by atoms with E-state index in [1.165, 1.54) is 0 Å². The Kier molecular flexibility index (Phi) is 8.57. The molecule has 0 saturated heterocycles. The van der Waals surface area contributed by atoms with Crippen molar-refractivity contribution in [1.29, 1.82) is 0 Å². The number of H-pyrrole nitrogens is 1. The summed E-state index contributed by atoms with van der Waals surface area (Å²) in [5.74, 6) is 0. The zero-order valence-electron chi connectivity index (χ0n) is 13.4. The first-order chi connectivity index (χ1) is 10.6. The van der Waals surface area contributed by atoms with Gasteiger partial charge >= 0.3 is 0 Å². The van der Waals surface area contributed by atoms with Crippen LogP contribution in [0.5, 0.6) is 0 Å². The number of fused-ring (bicyclic) bond motifs is 1. The van der Waals surface area contributed by atoms with Gasteiger partial charge in [0.15, 0.2) is 0 Å². The second-order valence-electron chi connectivity index (χ2n) is 5.15. The molecule has 3 rings (SSSR count). The van der Waals surface area contributed by atoms with E-state index in [1.807, 2.05) is 30.5 Å². The number of aliphatic hydroxyl groups excluding tert-OH is 2. The zero-order chi connectivity index (χ0) is 15.7. The van der Waals surface area contributed by atoms with Crippen LogP contribution in [0.4, 0.5) is 0 Å². The highest BCUT2D eigenvalue weighted by Gasteiger charge is 2.15. The predicted octanol–water partition coefficient (Wildman–Crippen LogP) is 0.151. The lowest BCUT2D eigenvalue weighted by Gasteiger charge is -2.09. The largest absolute Gasteiger partial charge is 0.412 e. The maximum atomic E-state index is 12.2. The molecule has 0 aliphatic rings. The molecular formula is C16H23N3O5S. The van der Waals surface area contributed by atoms with Crippen LogP contribution in [-0.4, -0.2) is 43.4 Å². The molecule has 0 fully saturated rings. The molecule has 0 aliphatic heterocycles. The maximum absolute atomic E-state index is 12.2. The Morgan fingerprint density at radius 2 is 1.80 bits per heavy atom. The van der Waals surface area contributed by atoms with Crippen molar-refractivity contribution < 1.29 is 21.2 Å². The quantitative estimate of drug-likeness (QED) is 0.411. The van der Waals surface area contributed by atoms with Gasteiger partial charge in [-0.25, -0.2) is 0 Å². The highest BCUT2D eigenvalue weighted by atomic mass is 32.1. The minimum Gasteiger partial charge on any atom is -0.412 e. The molecule has 1 atom stereocenters. The number of pyridine rings is 1. The summed E-state index contributed by atoms with van der Waals surface area (Å²) in [6.07, 6.45) is 2.53. The molecule has 2 aromatic heterocycles. The van der Waals surface area contributed by atoms with Gasteiger partial charge < -0.3 is 36.9 Å². The van der Waals surface area contributed by atoms with E-state index >= 15 is 0 Å². The minimum atomic E-state index is -0.873. The van der Waals surface area contributed by atoms with Crippen LogP contribution < -0.4 is 11.7 Å². The summed E-state index contributed by atoms with van der Waals surface area (Å²) in [4.78, 5) is 15.7. The van der Waals surface area contributed by atoms with E-state index < -0.39 is 6.10 Å². The molecule has 0 saturated carbocycles. The number of benzene rings is 1. The topological polar surface area (TPSA) is 176 Å². The number of nitrogens with one attached hydrogen (secondary N) is 1. The van der Waals surface area contributed by atoms with Gasteiger partial charge in [0.25, 0.3) is 5.56 Å². The number of aromatic nitrogens is 2. The van der Waals surface area contributed by atoms with Crippen LogP contribution in [0.2, 0.25) is 0 Å². The van der Waals surface area contributed by atoms with E-state index in [0.717, 1.165) is 21.5 Å². The number of thiol groups is 1. The second kappa shape index (κ2) is 9.37. The smallest absolute Gasteiger partial charge is 0.258 e. The standard InChI is InChI=1S/C16H16N2O3S.H3N.2H2O/c19-9-11(20)7-18-8-13(10-1-3-12(22)4-2-10)15-14(18)5-6-17-16(15)21;;;/h1-6,8,11,19-20,22H,7,9H2,(H,17,21);1H3;2*1H2. The van der Waals surface area contributed by atoms with Crippen LogP contribution in [0.3, 0.4) is 0 Å². The molecule has 1 aromatic carbocycles. The SMILES string of the molecule is N.O.O.O=c1[nH]ccc2c1c(-c1ccc(S)cc1)cn2CC(O)CO. The predicted molar refractivity (Wildman–Crippen MR) is 101 cm³/mol. The Morgan fingerprint density at radius 1 is 1.16 bits per heavy atom. The van der Waals surface area contributed by atoms with E-state index in [4.69, 9.17) is 5.11 Å². The summed E-state index contributed by atoms with van der Waals surface area (Å²) in [5.41, 5.74) is 2.23. The lowest BCUT2D eigenvalue weighted by atomic mass is 10.1. The molecular weight excluding hydrogens is 346 g/mol. The number of hydrogen-bond acceptors (Lipinski definition) is 5. The highest BCUT2D eigenvalue weighted by Crippen LogP contribution is 2.29. The Morgan fingerprint density at radius 3 is 2.40 bits per heavy atom. The monoisotopic (exact) mass is 369 g/mol. The molecule has 0 spiro atoms. The molecule has 25 heavy (non-hydrogen) atoms. The highest BCUT2D eigenvalue weighted by molar-refractivity contribution is 7.80. The van der Waals surface area contributed by atoms with Gasteiger partial charge in [-0.1, -0.05) is 12.1 Å². The van der Waals surface area contributed by atoms with Gasteiger partial charge in [-0.05, 0) is 23.8 Å². The zero-order valence-corrected chi connectivity index (χ0v) is 14.3. The minimum absolute atomic E-state index is 0. The molecule has 9 heteroatoms. The Hall–Kier alpha value is -2.14. The Bertz CT molecular complexity index is 860. The van der Waals surface area contributed by atoms with Gasteiger partial charge in [-0.3, -0.25) is 4.79 Å². The molecule has 3 aromatic rings. The van der Waals surface area contributed by atoms with Crippen molar-refractivity contribution in [3.05, 3.63) is 53.1 Å². The average Bonchev–Trinajstić information content (AvgIpc) is 2.88. The van der Waals surface area contributed by atoms with Crippen LogP contribution in [0, 0.1) is 0 Å². The molecule has 8 nitrogen and oxygen atoms in total. The van der Waals surface area contributed by atoms with E-state index in [1.54, 1.807) is 16.8 Å². The molecule has 0 bridgehead atoms. The molecule has 2 heterocycles. The number of rotatable bonds is 4. The first-order valence-corrected chi connectivity index (χ1v) is 7.33. The van der Waals surface area contributed by atoms with E-state index in [2.05, 4.69) is 17.6 Å². The lowest BCUT2D eigenvalue weighted by Crippen LogP contribution is -2.19. The summed E-state index contributed by atoms with van der Waals surface area (Å²) in [7, 11) is 0. The van der Waals surface area contributed by atoms with Crippen molar-refractivity contribution in [2.45, 2.75) is 17.5 Å². The number of hydrogen-bond donors (Lipinski definition) is 5. The molecule has 0 aliphatic carbocycles. The molecule has 0 radical (unpaired) electrons. The summed E-state index contributed by atoms with van der Waals surface area (Å²) < 4.78 is 1.79. The molecule has 10 N–H and O–H groups in total. The lowest BCUT2D eigenvalue weighted by molar-refractivity contribution is 0.0822. The third-order valence-corrected chi connectivity index (χ3v) is 3.90. The molecule has 0 amide bonds. The first kappa shape index (κ1) is 22.9. The van der Waals surface area contributed by atoms with Crippen molar-refractivity contribution in [1.82, 2.24) is 15.7 Å². The van der Waals surface area contributed by atoms with Gasteiger partial charge in [-0.15, -0.1) is 12.6 Å². The van der Waals surface area contributed by atoms with Gasteiger partial charge in [0, 0.05) is 22.9 Å². The summed E-state index contributed by atoms with van der Waals surface area (Å²) in [6.45, 7) is -0.104. The van der Waals surface area contributed by atoms with Crippen LogP contribution in [0.15, 0.2) is 52.4 Å². The van der Waals surface area contributed by atoms with Crippen LogP contribution >= 0.6 is 12.6 Å². The van der Waals surface area contributed by atoms with E-state index in [0.29, 0.717) is 5.39 Å². The van der Waals surface area contributed by atoms with Gasteiger partial charge in [-0.2, -0.15) is 0 Å². The van der Waals surface area contributed by atoms with Gasteiger partial charge in [0.05, 0.1) is 30.2 Å². The third-order valence-electron chi connectivity index (χ3n) is 3.60. The van der Waals surface area contributed by atoms with Crippen molar-refractivity contribution in [3.8, 4) is 11.1 Å². The van der Waals surface area contributed by atoms with E-state index in [9.17, 15) is 9.90 Å². The summed E-state index contributed by atoms with van der Waals surface area (Å²) >= 11 is 4.27. The van der Waals surface area contributed by atoms with Crippen molar-refractivity contribution in [3.63, 3.8) is 0 Å². The van der Waals surface area contributed by atoms with Crippen molar-refractivity contribution in [2.75, 3.05) is 6.61 Å². The van der Waals surface area contributed by atoms with Crippen LogP contribution in [0.25, 0.3) is 22.0 Å². The average molecular weight is 369 g/mol. The number of aliphatic hydroxyl groups is 2. The second-order valence-corrected chi connectivity index (χ2v) is 5.66. The Balaban J connectivity index is 0.00000192. The van der Waals surface area contributed by atoms with Crippen molar-refractivity contribution in [2.24, 2.45) is 0 Å². The van der Waals surface area contributed by atoms with Gasteiger partial charge in [0.1, 0.15) is 0 Å². The Labute approximate surface area is 149 Å². The molecule has 138 valence electrons. The van der Waals surface area contributed by atoms with Gasteiger partial charge in [0.2, 0.25) is 0 Å². The summed E-state index contributed by atoms with van der Waals surface area (Å²) in [6, 6.07) is 9.31.